The van der Waals surface area contributed by atoms with Gasteiger partial charge in [0, 0.05) is 32.9 Å². The molecule has 2 heterocycles. The molecule has 206 valence electrons. The smallest absolute Gasteiger partial charge is 0.0652 e. The van der Waals surface area contributed by atoms with Crippen LogP contribution in [-0.2, 0) is 0 Å². The summed E-state index contributed by atoms with van der Waals surface area (Å²) < 4.78 is 204. The van der Waals surface area contributed by atoms with Crippen LogP contribution in [0.15, 0.2) is 169 Å². The molecule has 0 amide bonds. The molecule has 0 aliphatic rings. The summed E-state index contributed by atoms with van der Waals surface area (Å²) in [5, 5.41) is -1.42. The summed E-state index contributed by atoms with van der Waals surface area (Å²) in [7, 11) is 0. The SMILES string of the molecule is [2H]c1cc([2H])c(-c2c([2H])c([2H])c([2H])c([2H])c2[2H])c([2H])c1-c1cccc(-n2c3c([2H])c([2H])c([2H])c([2H])c3c3c([2H])c(-n4c5c([2H])c([2H])c([2H])c([2H])c5c5c([2H])c([2H])c([2H])c([2H])c54)c([2H])c([2H])c32)c1. The number of nitrogens with zero attached hydrogens (tertiary/aromatic N) is 2. The Hall–Kier alpha value is -5.86. The van der Waals surface area contributed by atoms with Gasteiger partial charge in [-0.15, -0.1) is 0 Å². The largest absolute Gasteiger partial charge is 0.309 e. The van der Waals surface area contributed by atoms with E-state index in [1.807, 2.05) is 0 Å². The average molecular weight is 584 g/mol. The average Bonchev–Trinajstić information content (AvgIpc) is 3.84. The highest BCUT2D eigenvalue weighted by Crippen LogP contribution is 2.37. The van der Waals surface area contributed by atoms with Crippen molar-refractivity contribution in [3.63, 3.8) is 0 Å². The fourth-order valence-electron chi connectivity index (χ4n) is 5.36. The van der Waals surface area contributed by atoms with Crippen LogP contribution < -0.4 is 0 Å². The lowest BCUT2D eigenvalue weighted by Gasteiger charge is -2.12. The van der Waals surface area contributed by atoms with Crippen molar-refractivity contribution in [3.8, 4) is 33.6 Å². The minimum atomic E-state index is -0.817. The Morgan fingerprint density at radius 1 is 0.364 bits per heavy atom. The Kier molecular flexibility index (Phi) is 2.47. The molecule has 0 N–H and O–H groups in total. The normalized spacial score (nSPS) is 19.0. The minimum absolute atomic E-state index is 0.000726. The third-order valence-electron chi connectivity index (χ3n) is 7.23. The van der Waals surface area contributed by atoms with Crippen LogP contribution >= 0.6 is 0 Å². The number of para-hydroxylation sites is 3. The first-order chi connectivity index (χ1) is 31.4. The van der Waals surface area contributed by atoms with Crippen LogP contribution in [0.2, 0.25) is 0 Å². The number of hydrogen-bond acceptors (Lipinski definition) is 0. The summed E-state index contributed by atoms with van der Waals surface area (Å²) in [6.07, 6.45) is 0. The minimum Gasteiger partial charge on any atom is -0.309 e. The van der Waals surface area contributed by atoms with Gasteiger partial charge in [-0.2, -0.15) is 0 Å². The molecule has 0 spiro atoms. The lowest BCUT2D eigenvalue weighted by molar-refractivity contribution is 1.17. The molecule has 2 nitrogen and oxygen atoms in total. The second-order valence-corrected chi connectivity index (χ2v) is 9.65. The van der Waals surface area contributed by atoms with Crippen LogP contribution in [0.25, 0.3) is 77.2 Å². The lowest BCUT2D eigenvalue weighted by atomic mass is 9.99. The maximum atomic E-state index is 9.82. The predicted molar refractivity (Wildman–Crippen MR) is 186 cm³/mol. The van der Waals surface area contributed by atoms with E-state index in [-0.39, 0.29) is 61.0 Å². The van der Waals surface area contributed by atoms with Gasteiger partial charge in [0.25, 0.3) is 0 Å². The zero-order chi connectivity index (χ0) is 49.1. The Labute approximate surface area is 288 Å². The molecule has 0 unspecified atom stereocenters. The lowest BCUT2D eigenvalue weighted by Crippen LogP contribution is -1.96. The number of fused-ring (bicyclic) bond motifs is 6. The van der Waals surface area contributed by atoms with Crippen molar-refractivity contribution >= 4 is 43.6 Å². The molecule has 2 aromatic heterocycles. The summed E-state index contributed by atoms with van der Waals surface area (Å²) in [6.45, 7) is 0. The first-order valence-electron chi connectivity index (χ1n) is 24.7. The first kappa shape index (κ1) is 11.0. The third kappa shape index (κ3) is 3.82. The van der Waals surface area contributed by atoms with Gasteiger partial charge in [-0.05, 0) is 76.7 Å². The van der Waals surface area contributed by atoms with Crippen LogP contribution in [-0.4, -0.2) is 9.13 Å². The van der Waals surface area contributed by atoms with Crippen molar-refractivity contribution in [2.45, 2.75) is 0 Å². The zero-order valence-corrected chi connectivity index (χ0v) is 22.3. The first-order valence-corrected chi connectivity index (χ1v) is 13.2. The molecule has 0 fully saturated rings. The quantitative estimate of drug-likeness (QED) is 0.195. The summed E-state index contributed by atoms with van der Waals surface area (Å²) in [5.74, 6) is 0. The van der Waals surface area contributed by atoms with Crippen LogP contribution in [0.4, 0.5) is 0 Å². The van der Waals surface area contributed by atoms with Crippen molar-refractivity contribution in [1.29, 1.82) is 0 Å². The molecule has 7 aromatic carbocycles. The van der Waals surface area contributed by atoms with Gasteiger partial charge in [0.15, 0.2) is 0 Å². The Balaban J connectivity index is 1.43. The molecular formula is C42H28N2. The van der Waals surface area contributed by atoms with Crippen LogP contribution in [0.3, 0.4) is 0 Å². The summed E-state index contributed by atoms with van der Waals surface area (Å²) in [4.78, 5) is 0. The van der Waals surface area contributed by atoms with Crippen molar-refractivity contribution in [3.05, 3.63) is 169 Å². The van der Waals surface area contributed by atoms with Gasteiger partial charge in [0.1, 0.15) is 0 Å². The molecule has 0 bridgehead atoms. The zero-order valence-electron chi connectivity index (χ0n) is 45.3. The van der Waals surface area contributed by atoms with E-state index < -0.39 is 155 Å². The molecule has 0 aliphatic heterocycles. The number of hydrogen-bond donors (Lipinski definition) is 0. The number of benzene rings is 7. The van der Waals surface area contributed by atoms with Crippen LogP contribution in [0.1, 0.15) is 31.5 Å². The molecule has 0 aliphatic carbocycles. The molecule has 0 saturated carbocycles. The summed E-state index contributed by atoms with van der Waals surface area (Å²) in [6, 6.07) is -9.23. The molecule has 44 heavy (non-hydrogen) atoms. The Morgan fingerprint density at radius 2 is 0.909 bits per heavy atom. The highest BCUT2D eigenvalue weighted by atomic mass is 15.0. The van der Waals surface area contributed by atoms with Gasteiger partial charge in [-0.1, -0.05) is 115 Å². The van der Waals surface area contributed by atoms with E-state index in [1.165, 1.54) is 28.8 Å². The summed E-state index contributed by atoms with van der Waals surface area (Å²) >= 11 is 0. The van der Waals surface area contributed by atoms with E-state index in [0.29, 0.717) is 0 Å². The Morgan fingerprint density at radius 3 is 1.59 bits per heavy atom. The van der Waals surface area contributed by atoms with Gasteiger partial charge in [0.05, 0.1) is 53.6 Å². The standard InChI is InChI=1S/C42H28N2/c1-2-12-29(13-3-1)30-14-10-15-31(26-30)32-16-11-17-33(27-32)43-41-23-9-6-20-37(41)38-28-34(24-25-42(38)43)44-39-21-7-4-18-35(39)36-19-5-8-22-40(36)44/h1-28H/i1D,2D,3D,4D,5D,6D,7D,8D,9D,12D,13D,14D,15D,18D,19D,20D,21D,22D,23D,24D,25D,26D,28D. The topological polar surface area (TPSA) is 9.86 Å². The molecule has 9 aromatic rings. The van der Waals surface area contributed by atoms with Gasteiger partial charge in [-0.25, -0.2) is 0 Å². The molecule has 0 atom stereocenters. The number of aromatic nitrogens is 2. The van der Waals surface area contributed by atoms with Gasteiger partial charge in [-0.3, -0.25) is 0 Å². The van der Waals surface area contributed by atoms with E-state index in [2.05, 4.69) is 0 Å². The third-order valence-corrected chi connectivity index (χ3v) is 7.23. The maximum Gasteiger partial charge on any atom is 0.0652 e. The van der Waals surface area contributed by atoms with Gasteiger partial charge < -0.3 is 9.13 Å². The molecule has 0 radical (unpaired) electrons. The fourth-order valence-corrected chi connectivity index (χ4v) is 5.36. The van der Waals surface area contributed by atoms with E-state index >= 15 is 0 Å². The second-order valence-electron chi connectivity index (χ2n) is 9.65. The Bertz CT molecular complexity index is 3690. The molecule has 0 saturated heterocycles. The van der Waals surface area contributed by atoms with Crippen molar-refractivity contribution in [2.24, 2.45) is 0 Å². The molecular weight excluding hydrogens is 532 g/mol. The highest BCUT2D eigenvalue weighted by molar-refractivity contribution is 6.12. The van der Waals surface area contributed by atoms with Crippen molar-refractivity contribution < 1.29 is 31.5 Å². The van der Waals surface area contributed by atoms with Crippen LogP contribution in [0, 0.1) is 0 Å². The maximum absolute atomic E-state index is 9.82. The van der Waals surface area contributed by atoms with Crippen molar-refractivity contribution in [1.82, 2.24) is 9.13 Å². The number of rotatable bonds is 4. The molecule has 9 rings (SSSR count). The van der Waals surface area contributed by atoms with E-state index in [0.717, 1.165) is 10.6 Å². The predicted octanol–water partition coefficient (Wildman–Crippen LogP) is 11.2. The second kappa shape index (κ2) is 9.86. The van der Waals surface area contributed by atoms with Gasteiger partial charge in [0.2, 0.25) is 0 Å². The van der Waals surface area contributed by atoms with Crippen LogP contribution in [0.5, 0.6) is 0 Å². The van der Waals surface area contributed by atoms with E-state index in [1.54, 1.807) is 0 Å². The monoisotopic (exact) mass is 583 g/mol. The van der Waals surface area contributed by atoms with Crippen molar-refractivity contribution in [2.75, 3.05) is 0 Å². The highest BCUT2D eigenvalue weighted by Gasteiger charge is 2.16. The molecule has 2 heteroatoms. The van der Waals surface area contributed by atoms with E-state index in [9.17, 15) is 5.48 Å². The fraction of sp³-hybridized carbons (Fsp3) is 0. The van der Waals surface area contributed by atoms with E-state index in [4.69, 9.17) is 26.0 Å². The summed E-state index contributed by atoms with van der Waals surface area (Å²) in [5.41, 5.74) is -3.10. The van der Waals surface area contributed by atoms with Gasteiger partial charge >= 0.3 is 0 Å².